The molecule has 0 spiro atoms. The van der Waals surface area contributed by atoms with Crippen molar-refractivity contribution in [1.82, 2.24) is 4.98 Å². The van der Waals surface area contributed by atoms with Crippen LogP contribution in [-0.4, -0.2) is 10.1 Å². The number of hydrogen-bond acceptors (Lipinski definition) is 2. The summed E-state index contributed by atoms with van der Waals surface area (Å²) in [6, 6.07) is 13.9. The maximum absolute atomic E-state index is 13.6. The molecule has 3 aromatic rings. The Morgan fingerprint density at radius 3 is 2.60 bits per heavy atom. The van der Waals surface area contributed by atoms with E-state index in [1.54, 1.807) is 18.3 Å². The van der Waals surface area contributed by atoms with Gasteiger partial charge in [0.15, 0.2) is 0 Å². The molecule has 0 saturated carbocycles. The van der Waals surface area contributed by atoms with Crippen molar-refractivity contribution in [3.8, 4) is 0 Å². The molecule has 0 saturated heterocycles. The molecular formula is C16H11BrFNO. The quantitative estimate of drug-likeness (QED) is 0.762. The molecule has 0 aliphatic carbocycles. The van der Waals surface area contributed by atoms with Crippen LogP contribution in [0, 0.1) is 5.82 Å². The summed E-state index contributed by atoms with van der Waals surface area (Å²) in [4.78, 5) is 4.26. The average Bonchev–Trinajstić information content (AvgIpc) is 2.49. The number of benzene rings is 2. The summed E-state index contributed by atoms with van der Waals surface area (Å²) in [6.45, 7) is 0. The van der Waals surface area contributed by atoms with Gasteiger partial charge >= 0.3 is 0 Å². The van der Waals surface area contributed by atoms with E-state index in [1.807, 2.05) is 30.3 Å². The van der Waals surface area contributed by atoms with Gasteiger partial charge in [0.25, 0.3) is 0 Å². The third kappa shape index (κ3) is 2.21. The van der Waals surface area contributed by atoms with Crippen LogP contribution in [0.5, 0.6) is 0 Å². The molecule has 0 amide bonds. The highest BCUT2D eigenvalue weighted by Crippen LogP contribution is 2.33. The smallest absolute Gasteiger partial charge is 0.137 e. The Bertz CT molecular complexity index is 770. The highest BCUT2D eigenvalue weighted by Gasteiger charge is 2.18. The molecule has 3 rings (SSSR count). The normalized spacial score (nSPS) is 12.6. The highest BCUT2D eigenvalue weighted by molar-refractivity contribution is 9.10. The Balaban J connectivity index is 2.18. The molecule has 1 aromatic heterocycles. The molecule has 1 atom stereocenters. The maximum Gasteiger partial charge on any atom is 0.137 e. The van der Waals surface area contributed by atoms with Crippen LogP contribution in [0.2, 0.25) is 0 Å². The molecular weight excluding hydrogens is 321 g/mol. The predicted molar refractivity (Wildman–Crippen MR) is 79.9 cm³/mol. The van der Waals surface area contributed by atoms with Gasteiger partial charge in [0.05, 0.1) is 9.99 Å². The van der Waals surface area contributed by atoms with Crippen LogP contribution in [0.1, 0.15) is 17.2 Å². The van der Waals surface area contributed by atoms with Crippen LogP contribution >= 0.6 is 15.9 Å². The largest absolute Gasteiger partial charge is 0.384 e. The molecule has 2 nitrogen and oxygen atoms in total. The van der Waals surface area contributed by atoms with Gasteiger partial charge in [-0.1, -0.05) is 30.3 Å². The van der Waals surface area contributed by atoms with Crippen LogP contribution in [0.4, 0.5) is 4.39 Å². The minimum absolute atomic E-state index is 0.286. The molecule has 2 aromatic carbocycles. The predicted octanol–water partition coefficient (Wildman–Crippen LogP) is 4.22. The molecule has 1 N–H and O–H groups in total. The Morgan fingerprint density at radius 2 is 1.75 bits per heavy atom. The Hall–Kier alpha value is -1.78. The molecule has 20 heavy (non-hydrogen) atoms. The summed E-state index contributed by atoms with van der Waals surface area (Å²) in [5, 5.41) is 11.4. The first-order valence-corrected chi connectivity index (χ1v) is 6.93. The fourth-order valence-electron chi connectivity index (χ4n) is 2.26. The Labute approximate surface area is 124 Å². The molecule has 4 heteroatoms. The molecule has 1 unspecified atom stereocenters. The molecule has 0 radical (unpaired) electrons. The zero-order valence-electron chi connectivity index (χ0n) is 10.4. The van der Waals surface area contributed by atoms with Crippen LogP contribution < -0.4 is 0 Å². The first-order chi connectivity index (χ1) is 9.68. The number of fused-ring (bicyclic) bond motifs is 1. The van der Waals surface area contributed by atoms with Gasteiger partial charge in [-0.2, -0.15) is 0 Å². The topological polar surface area (TPSA) is 33.1 Å². The molecule has 0 fully saturated rings. The van der Waals surface area contributed by atoms with Gasteiger partial charge in [0.1, 0.15) is 11.9 Å². The summed E-state index contributed by atoms with van der Waals surface area (Å²) < 4.78 is 13.9. The lowest BCUT2D eigenvalue weighted by molar-refractivity contribution is 0.220. The van der Waals surface area contributed by atoms with E-state index in [9.17, 15) is 9.50 Å². The lowest BCUT2D eigenvalue weighted by Crippen LogP contribution is -2.02. The summed E-state index contributed by atoms with van der Waals surface area (Å²) in [7, 11) is 0. The number of aromatic nitrogens is 1. The van der Waals surface area contributed by atoms with Crippen LogP contribution in [0.25, 0.3) is 10.9 Å². The van der Waals surface area contributed by atoms with E-state index in [0.29, 0.717) is 11.1 Å². The van der Waals surface area contributed by atoms with Gasteiger partial charge in [0.2, 0.25) is 0 Å². The summed E-state index contributed by atoms with van der Waals surface area (Å²) in [5.41, 5.74) is 2.01. The van der Waals surface area contributed by atoms with Crippen molar-refractivity contribution in [2.45, 2.75) is 6.10 Å². The first kappa shape index (κ1) is 13.2. The number of halogens is 2. The minimum Gasteiger partial charge on any atom is -0.384 e. The van der Waals surface area contributed by atoms with E-state index in [1.165, 1.54) is 6.07 Å². The second-order valence-electron chi connectivity index (χ2n) is 4.46. The lowest BCUT2D eigenvalue weighted by Gasteiger charge is -2.15. The van der Waals surface area contributed by atoms with E-state index in [0.717, 1.165) is 10.9 Å². The van der Waals surface area contributed by atoms with E-state index in [2.05, 4.69) is 20.9 Å². The van der Waals surface area contributed by atoms with Crippen molar-refractivity contribution < 1.29 is 9.50 Å². The van der Waals surface area contributed by atoms with Gasteiger partial charge in [0, 0.05) is 17.1 Å². The van der Waals surface area contributed by atoms with Crippen molar-refractivity contribution in [3.05, 3.63) is 76.1 Å². The minimum atomic E-state index is -0.909. The number of aliphatic hydroxyl groups excluding tert-OH is 1. The van der Waals surface area contributed by atoms with Gasteiger partial charge in [-0.05, 0) is 39.7 Å². The number of hydrogen-bond donors (Lipinski definition) is 1. The molecule has 0 aliphatic rings. The zero-order chi connectivity index (χ0) is 14.1. The van der Waals surface area contributed by atoms with Crippen molar-refractivity contribution in [2.75, 3.05) is 0 Å². The van der Waals surface area contributed by atoms with E-state index in [4.69, 9.17) is 0 Å². The molecule has 0 aliphatic heterocycles. The van der Waals surface area contributed by atoms with Gasteiger partial charge in [-0.25, -0.2) is 4.39 Å². The molecule has 1 heterocycles. The fraction of sp³-hybridized carbons (Fsp3) is 0.0625. The van der Waals surface area contributed by atoms with Gasteiger partial charge < -0.3 is 5.11 Å². The average molecular weight is 332 g/mol. The third-order valence-corrected chi connectivity index (χ3v) is 4.09. The second kappa shape index (κ2) is 5.31. The number of nitrogens with zero attached hydrogens (tertiary/aromatic N) is 1. The number of pyridine rings is 1. The van der Waals surface area contributed by atoms with E-state index < -0.39 is 6.10 Å². The second-order valence-corrected chi connectivity index (χ2v) is 5.26. The number of rotatable bonds is 2. The maximum atomic E-state index is 13.6. The van der Waals surface area contributed by atoms with E-state index in [-0.39, 0.29) is 10.3 Å². The highest BCUT2D eigenvalue weighted by atomic mass is 79.9. The standard InChI is InChI=1S/C16H11BrFNO/c17-15-12(5-1-7-13(15)18)16(20)11-4-2-8-14-10(11)6-3-9-19-14/h1-9,16,20H. The number of aliphatic hydroxyl groups is 1. The first-order valence-electron chi connectivity index (χ1n) is 6.14. The Kier molecular flexibility index (Phi) is 3.51. The molecule has 100 valence electrons. The fourth-order valence-corrected chi connectivity index (χ4v) is 2.75. The lowest BCUT2D eigenvalue weighted by atomic mass is 9.97. The van der Waals surface area contributed by atoms with Gasteiger partial charge in [-0.15, -0.1) is 0 Å². The van der Waals surface area contributed by atoms with Gasteiger partial charge in [-0.3, -0.25) is 4.98 Å². The third-order valence-electron chi connectivity index (χ3n) is 3.25. The summed E-state index contributed by atoms with van der Waals surface area (Å²) >= 11 is 3.19. The summed E-state index contributed by atoms with van der Waals surface area (Å²) in [6.07, 6.45) is 0.796. The van der Waals surface area contributed by atoms with Crippen LogP contribution in [0.3, 0.4) is 0 Å². The Morgan fingerprint density at radius 1 is 1.00 bits per heavy atom. The van der Waals surface area contributed by atoms with Crippen LogP contribution in [-0.2, 0) is 0 Å². The molecule has 0 bridgehead atoms. The summed E-state index contributed by atoms with van der Waals surface area (Å²) in [5.74, 6) is -0.389. The van der Waals surface area contributed by atoms with Crippen molar-refractivity contribution in [3.63, 3.8) is 0 Å². The van der Waals surface area contributed by atoms with Crippen LogP contribution in [0.15, 0.2) is 59.2 Å². The SMILES string of the molecule is OC(c1cccc(F)c1Br)c1cccc2ncccc12. The monoisotopic (exact) mass is 331 g/mol. The van der Waals surface area contributed by atoms with Crippen molar-refractivity contribution in [2.24, 2.45) is 0 Å². The van der Waals surface area contributed by atoms with Crippen molar-refractivity contribution >= 4 is 26.8 Å². The van der Waals surface area contributed by atoms with Crippen molar-refractivity contribution in [1.29, 1.82) is 0 Å². The zero-order valence-corrected chi connectivity index (χ0v) is 12.0. The van der Waals surface area contributed by atoms with E-state index >= 15 is 0 Å².